The molecule has 0 N–H and O–H groups in total. The van der Waals surface area contributed by atoms with Crippen LogP contribution in [-0.2, 0) is 11.2 Å². The number of benzene rings is 1. The highest BCUT2D eigenvalue weighted by Crippen LogP contribution is 2.22. The molecule has 2 aromatic rings. The lowest BCUT2D eigenvalue weighted by Gasteiger charge is -2.18. The number of aryl methyl sites for hydroxylation is 1. The third-order valence-corrected chi connectivity index (χ3v) is 3.33. The minimum Gasteiger partial charge on any atom is -0.462 e. The number of rotatable bonds is 5. The predicted molar refractivity (Wildman–Crippen MR) is 84.1 cm³/mol. The molecule has 0 fully saturated rings. The van der Waals surface area contributed by atoms with Crippen LogP contribution in [0.25, 0.3) is 0 Å². The van der Waals surface area contributed by atoms with Gasteiger partial charge in [-0.3, -0.25) is 0 Å². The fraction of sp³-hybridized carbons (Fsp3) is 0.294. The first-order chi connectivity index (χ1) is 10.2. The van der Waals surface area contributed by atoms with Crippen LogP contribution in [0.1, 0.15) is 29.8 Å². The molecule has 0 bridgehead atoms. The normalized spacial score (nSPS) is 10.2. The summed E-state index contributed by atoms with van der Waals surface area (Å²) < 4.78 is 4.95. The van der Waals surface area contributed by atoms with Crippen LogP contribution >= 0.6 is 0 Å². The van der Waals surface area contributed by atoms with Crippen LogP contribution in [0.15, 0.2) is 42.6 Å². The van der Waals surface area contributed by atoms with Gasteiger partial charge in [-0.05, 0) is 43.2 Å². The first-order valence-corrected chi connectivity index (χ1v) is 7.11. The summed E-state index contributed by atoms with van der Waals surface area (Å²) in [5, 5.41) is 0. The Morgan fingerprint density at radius 2 is 1.86 bits per heavy atom. The SMILES string of the molecule is CCOC(=O)c1ccc(N(C)c2ccc(CC)cc2)nc1. The molecule has 0 atom stereocenters. The minimum atomic E-state index is -0.341. The number of ether oxygens (including phenoxy) is 1. The number of nitrogens with zero attached hydrogens (tertiary/aromatic N) is 2. The molecule has 4 nitrogen and oxygen atoms in total. The molecule has 110 valence electrons. The summed E-state index contributed by atoms with van der Waals surface area (Å²) in [6.45, 7) is 4.28. The fourth-order valence-corrected chi connectivity index (χ4v) is 2.01. The van der Waals surface area contributed by atoms with Crippen molar-refractivity contribution < 1.29 is 9.53 Å². The van der Waals surface area contributed by atoms with Crippen LogP contribution in [0.3, 0.4) is 0 Å². The lowest BCUT2D eigenvalue weighted by molar-refractivity contribution is 0.0526. The van der Waals surface area contributed by atoms with Gasteiger partial charge in [0.15, 0.2) is 0 Å². The van der Waals surface area contributed by atoms with E-state index in [4.69, 9.17) is 4.74 Å². The standard InChI is InChI=1S/C17H20N2O2/c1-4-13-6-9-15(10-7-13)19(3)16-11-8-14(12-18-16)17(20)21-5-2/h6-12H,4-5H2,1-3H3. The number of esters is 1. The number of hydrogen-bond donors (Lipinski definition) is 0. The molecule has 0 saturated heterocycles. The quantitative estimate of drug-likeness (QED) is 0.787. The zero-order valence-electron chi connectivity index (χ0n) is 12.7. The third-order valence-electron chi connectivity index (χ3n) is 3.33. The van der Waals surface area contributed by atoms with Gasteiger partial charge in [-0.25, -0.2) is 9.78 Å². The number of anilines is 2. The van der Waals surface area contributed by atoms with Crippen molar-refractivity contribution in [3.05, 3.63) is 53.7 Å². The van der Waals surface area contributed by atoms with Gasteiger partial charge in [0.05, 0.1) is 12.2 Å². The van der Waals surface area contributed by atoms with Gasteiger partial charge in [-0.1, -0.05) is 19.1 Å². The molecule has 0 amide bonds. The maximum atomic E-state index is 11.6. The molecule has 0 radical (unpaired) electrons. The van der Waals surface area contributed by atoms with E-state index in [1.807, 2.05) is 18.0 Å². The number of hydrogen-bond acceptors (Lipinski definition) is 4. The van der Waals surface area contributed by atoms with Crippen molar-refractivity contribution in [1.29, 1.82) is 0 Å². The van der Waals surface area contributed by atoms with Gasteiger partial charge in [0, 0.05) is 18.9 Å². The van der Waals surface area contributed by atoms with Crippen LogP contribution in [0, 0.1) is 0 Å². The molecule has 0 aliphatic heterocycles. The van der Waals surface area contributed by atoms with Gasteiger partial charge in [-0.15, -0.1) is 0 Å². The summed E-state index contributed by atoms with van der Waals surface area (Å²) in [6.07, 6.45) is 2.57. The monoisotopic (exact) mass is 284 g/mol. The molecule has 0 aliphatic rings. The molecule has 4 heteroatoms. The number of pyridine rings is 1. The molecule has 0 aliphatic carbocycles. The van der Waals surface area contributed by atoms with Gasteiger partial charge in [0.25, 0.3) is 0 Å². The van der Waals surface area contributed by atoms with Crippen LogP contribution in [0.5, 0.6) is 0 Å². The van der Waals surface area contributed by atoms with Crippen molar-refractivity contribution in [2.45, 2.75) is 20.3 Å². The largest absolute Gasteiger partial charge is 0.462 e. The van der Waals surface area contributed by atoms with Crippen molar-refractivity contribution in [2.24, 2.45) is 0 Å². The van der Waals surface area contributed by atoms with E-state index in [2.05, 4.69) is 36.2 Å². The van der Waals surface area contributed by atoms with Gasteiger partial charge in [-0.2, -0.15) is 0 Å². The van der Waals surface area contributed by atoms with E-state index in [0.717, 1.165) is 17.9 Å². The van der Waals surface area contributed by atoms with Crippen molar-refractivity contribution in [1.82, 2.24) is 4.98 Å². The summed E-state index contributed by atoms with van der Waals surface area (Å²) in [4.78, 5) is 17.9. The van der Waals surface area contributed by atoms with E-state index in [1.165, 1.54) is 5.56 Å². The van der Waals surface area contributed by atoms with E-state index in [1.54, 1.807) is 19.2 Å². The van der Waals surface area contributed by atoms with Crippen molar-refractivity contribution in [3.63, 3.8) is 0 Å². The second kappa shape index (κ2) is 6.88. The second-order valence-corrected chi connectivity index (χ2v) is 4.70. The third kappa shape index (κ3) is 3.60. The van der Waals surface area contributed by atoms with Crippen molar-refractivity contribution in [2.75, 3.05) is 18.6 Å². The lowest BCUT2D eigenvalue weighted by Crippen LogP contribution is -2.12. The zero-order chi connectivity index (χ0) is 15.2. The molecule has 1 heterocycles. The molecular formula is C17H20N2O2. The Morgan fingerprint density at radius 1 is 1.14 bits per heavy atom. The Labute approximate surface area is 125 Å². The van der Waals surface area contributed by atoms with E-state index in [0.29, 0.717) is 12.2 Å². The van der Waals surface area contributed by atoms with Crippen LogP contribution in [0.2, 0.25) is 0 Å². The summed E-state index contributed by atoms with van der Waals surface area (Å²) in [6, 6.07) is 11.9. The molecular weight excluding hydrogens is 264 g/mol. The van der Waals surface area contributed by atoms with E-state index >= 15 is 0 Å². The Balaban J connectivity index is 2.15. The summed E-state index contributed by atoms with van der Waals surface area (Å²) >= 11 is 0. The van der Waals surface area contributed by atoms with E-state index in [9.17, 15) is 4.79 Å². The first kappa shape index (κ1) is 15.0. The van der Waals surface area contributed by atoms with Gasteiger partial charge in [0.1, 0.15) is 5.82 Å². The van der Waals surface area contributed by atoms with Crippen molar-refractivity contribution in [3.8, 4) is 0 Å². The second-order valence-electron chi connectivity index (χ2n) is 4.70. The predicted octanol–water partition coefficient (Wildman–Crippen LogP) is 3.59. The molecule has 0 spiro atoms. The van der Waals surface area contributed by atoms with Crippen LogP contribution in [0.4, 0.5) is 11.5 Å². The molecule has 2 rings (SSSR count). The highest BCUT2D eigenvalue weighted by Gasteiger charge is 2.09. The topological polar surface area (TPSA) is 42.4 Å². The summed E-state index contributed by atoms with van der Waals surface area (Å²) in [7, 11) is 1.95. The zero-order valence-corrected chi connectivity index (χ0v) is 12.7. The lowest BCUT2D eigenvalue weighted by atomic mass is 10.1. The van der Waals surface area contributed by atoms with Crippen LogP contribution < -0.4 is 4.90 Å². The van der Waals surface area contributed by atoms with Crippen molar-refractivity contribution >= 4 is 17.5 Å². The molecule has 21 heavy (non-hydrogen) atoms. The maximum Gasteiger partial charge on any atom is 0.339 e. The number of carbonyl (C=O) groups is 1. The fourth-order valence-electron chi connectivity index (χ4n) is 2.01. The first-order valence-electron chi connectivity index (χ1n) is 7.11. The molecule has 1 aromatic heterocycles. The van der Waals surface area contributed by atoms with Gasteiger partial charge < -0.3 is 9.64 Å². The molecule has 0 saturated carbocycles. The molecule has 0 unspecified atom stereocenters. The van der Waals surface area contributed by atoms with E-state index in [-0.39, 0.29) is 5.97 Å². The van der Waals surface area contributed by atoms with Crippen LogP contribution in [-0.4, -0.2) is 24.6 Å². The van der Waals surface area contributed by atoms with Gasteiger partial charge in [0.2, 0.25) is 0 Å². The summed E-state index contributed by atoms with van der Waals surface area (Å²) in [5.74, 6) is 0.443. The van der Waals surface area contributed by atoms with Gasteiger partial charge >= 0.3 is 5.97 Å². The Morgan fingerprint density at radius 3 is 2.38 bits per heavy atom. The minimum absolute atomic E-state index is 0.341. The Bertz CT molecular complexity index is 591. The highest BCUT2D eigenvalue weighted by atomic mass is 16.5. The highest BCUT2D eigenvalue weighted by molar-refractivity contribution is 5.89. The maximum absolute atomic E-state index is 11.6. The smallest absolute Gasteiger partial charge is 0.339 e. The number of carbonyl (C=O) groups excluding carboxylic acids is 1. The average molecular weight is 284 g/mol. The average Bonchev–Trinajstić information content (AvgIpc) is 2.54. The molecule has 1 aromatic carbocycles. The Kier molecular flexibility index (Phi) is 4.93. The Hall–Kier alpha value is -2.36. The summed E-state index contributed by atoms with van der Waals surface area (Å²) in [5.41, 5.74) is 2.83. The van der Waals surface area contributed by atoms with E-state index < -0.39 is 0 Å². The number of aromatic nitrogens is 1.